The Morgan fingerprint density at radius 2 is 2.16 bits per heavy atom. The first-order valence-electron chi connectivity index (χ1n) is 6.22. The average molecular weight is 263 g/mol. The van der Waals surface area contributed by atoms with Crippen molar-refractivity contribution in [2.75, 3.05) is 11.9 Å². The summed E-state index contributed by atoms with van der Waals surface area (Å²) < 4.78 is 5.15. The van der Waals surface area contributed by atoms with E-state index in [1.165, 1.54) is 0 Å². The van der Waals surface area contributed by atoms with Crippen LogP contribution in [-0.4, -0.2) is 24.6 Å². The fraction of sp³-hybridized carbons (Fsp3) is 0.429. The van der Waals surface area contributed by atoms with Gasteiger partial charge in [0.2, 0.25) is 0 Å². The van der Waals surface area contributed by atoms with Gasteiger partial charge in [0.05, 0.1) is 6.34 Å². The van der Waals surface area contributed by atoms with Gasteiger partial charge in [-0.15, -0.1) is 0 Å². The van der Waals surface area contributed by atoms with Gasteiger partial charge in [0.15, 0.2) is 0 Å². The molecule has 0 bridgehead atoms. The predicted molar refractivity (Wildman–Crippen MR) is 76.8 cm³/mol. The van der Waals surface area contributed by atoms with Crippen molar-refractivity contribution in [3.63, 3.8) is 0 Å². The minimum absolute atomic E-state index is 0.402. The lowest BCUT2D eigenvalue weighted by Crippen LogP contribution is -2.33. The highest BCUT2D eigenvalue weighted by molar-refractivity contribution is 5.73. The van der Waals surface area contributed by atoms with Crippen molar-refractivity contribution in [3.8, 4) is 0 Å². The number of alkyl carbamates (subject to hydrolysis) is 1. The summed E-state index contributed by atoms with van der Waals surface area (Å²) >= 11 is 0. The number of benzene rings is 1. The van der Waals surface area contributed by atoms with Gasteiger partial charge in [-0.3, -0.25) is 5.41 Å². The Morgan fingerprint density at radius 3 is 2.79 bits per heavy atom. The summed E-state index contributed by atoms with van der Waals surface area (Å²) in [6.07, 6.45) is 1.45. The Morgan fingerprint density at radius 1 is 1.42 bits per heavy atom. The van der Waals surface area contributed by atoms with Crippen molar-refractivity contribution < 1.29 is 9.53 Å². The zero-order valence-electron chi connectivity index (χ0n) is 11.6. The summed E-state index contributed by atoms with van der Waals surface area (Å²) in [6, 6.07) is 7.72. The maximum absolute atomic E-state index is 11.4. The van der Waals surface area contributed by atoms with Crippen LogP contribution >= 0.6 is 0 Å². The first kappa shape index (κ1) is 15.0. The standard InChI is InChI=1S/C14H21N3O2/c1-14(2,3)19-13(18)16-8-7-11-5-4-6-12(9-11)17-10-15/h4-6,9-10H,7-8H2,1-3H3,(H2,15,17)(H,16,18). The Bertz CT molecular complexity index is 439. The fourth-order valence-corrected chi connectivity index (χ4v) is 1.52. The topological polar surface area (TPSA) is 74.2 Å². The number of anilines is 1. The molecule has 0 radical (unpaired) electrons. The van der Waals surface area contributed by atoms with E-state index in [2.05, 4.69) is 10.6 Å². The van der Waals surface area contributed by atoms with Crippen molar-refractivity contribution in [3.05, 3.63) is 29.8 Å². The summed E-state index contributed by atoms with van der Waals surface area (Å²) in [6.45, 7) is 6.01. The molecular formula is C14H21N3O2. The first-order chi connectivity index (χ1) is 8.90. The van der Waals surface area contributed by atoms with Crippen molar-refractivity contribution in [2.24, 2.45) is 0 Å². The number of ether oxygens (including phenoxy) is 1. The molecule has 0 saturated heterocycles. The molecule has 0 aromatic heterocycles. The molecule has 19 heavy (non-hydrogen) atoms. The molecule has 0 atom stereocenters. The maximum atomic E-state index is 11.4. The van der Waals surface area contributed by atoms with Crippen LogP contribution in [0.15, 0.2) is 24.3 Å². The van der Waals surface area contributed by atoms with Crippen LogP contribution in [0.3, 0.4) is 0 Å². The predicted octanol–water partition coefficient (Wildman–Crippen LogP) is 2.77. The third kappa shape index (κ3) is 6.45. The van der Waals surface area contributed by atoms with Crippen LogP contribution in [0.25, 0.3) is 0 Å². The quantitative estimate of drug-likeness (QED) is 0.565. The van der Waals surface area contributed by atoms with Crippen molar-refractivity contribution in [1.82, 2.24) is 5.32 Å². The molecular weight excluding hydrogens is 242 g/mol. The lowest BCUT2D eigenvalue weighted by Gasteiger charge is -2.19. The van der Waals surface area contributed by atoms with Gasteiger partial charge >= 0.3 is 6.09 Å². The summed E-state index contributed by atoms with van der Waals surface area (Å²) in [5.74, 6) is 0. The van der Waals surface area contributed by atoms with E-state index >= 15 is 0 Å². The number of carbonyl (C=O) groups is 1. The van der Waals surface area contributed by atoms with Crippen molar-refractivity contribution >= 4 is 18.1 Å². The molecule has 0 saturated carbocycles. The Labute approximate surface area is 113 Å². The molecule has 5 nitrogen and oxygen atoms in total. The molecule has 0 unspecified atom stereocenters. The van der Waals surface area contributed by atoms with Crippen molar-refractivity contribution in [2.45, 2.75) is 32.8 Å². The number of hydrogen-bond donors (Lipinski definition) is 3. The van der Waals surface area contributed by atoms with Gasteiger partial charge in [-0.2, -0.15) is 0 Å². The van der Waals surface area contributed by atoms with Gasteiger partial charge in [0.25, 0.3) is 0 Å². The van der Waals surface area contributed by atoms with E-state index < -0.39 is 11.7 Å². The second-order valence-electron chi connectivity index (χ2n) is 5.17. The van der Waals surface area contributed by atoms with Gasteiger partial charge in [0.1, 0.15) is 5.60 Å². The van der Waals surface area contributed by atoms with Crippen LogP contribution in [-0.2, 0) is 11.2 Å². The molecule has 0 aliphatic carbocycles. The molecule has 0 aliphatic heterocycles. The summed E-state index contributed by atoms with van der Waals surface area (Å²) in [5.41, 5.74) is 1.48. The highest BCUT2D eigenvalue weighted by Crippen LogP contribution is 2.10. The minimum atomic E-state index is -0.474. The van der Waals surface area contributed by atoms with E-state index in [4.69, 9.17) is 10.1 Å². The molecule has 1 aromatic rings. The van der Waals surface area contributed by atoms with Crippen LogP contribution in [0.5, 0.6) is 0 Å². The number of amides is 1. The second-order valence-corrected chi connectivity index (χ2v) is 5.17. The van der Waals surface area contributed by atoms with Gasteiger partial charge < -0.3 is 15.4 Å². The third-order valence-corrected chi connectivity index (χ3v) is 2.25. The lowest BCUT2D eigenvalue weighted by atomic mass is 10.1. The number of nitrogens with one attached hydrogen (secondary N) is 3. The molecule has 0 spiro atoms. The van der Waals surface area contributed by atoms with Gasteiger partial charge in [-0.1, -0.05) is 12.1 Å². The summed E-state index contributed by atoms with van der Waals surface area (Å²) in [7, 11) is 0. The smallest absolute Gasteiger partial charge is 0.407 e. The Kier molecular flexibility index (Phi) is 5.36. The van der Waals surface area contributed by atoms with Gasteiger partial charge in [0, 0.05) is 12.2 Å². The van der Waals surface area contributed by atoms with Crippen LogP contribution in [0.2, 0.25) is 0 Å². The largest absolute Gasteiger partial charge is 0.444 e. The van der Waals surface area contributed by atoms with E-state index in [9.17, 15) is 4.79 Å². The maximum Gasteiger partial charge on any atom is 0.407 e. The van der Waals surface area contributed by atoms with Crippen LogP contribution in [0, 0.1) is 5.41 Å². The Hall–Kier alpha value is -2.04. The first-order valence-corrected chi connectivity index (χ1v) is 6.22. The molecule has 5 heteroatoms. The molecule has 1 rings (SSSR count). The zero-order valence-corrected chi connectivity index (χ0v) is 11.6. The third-order valence-electron chi connectivity index (χ3n) is 2.25. The molecule has 1 amide bonds. The van der Waals surface area contributed by atoms with Crippen LogP contribution < -0.4 is 10.6 Å². The van der Waals surface area contributed by atoms with Gasteiger partial charge in [-0.05, 0) is 44.9 Å². The average Bonchev–Trinajstić information content (AvgIpc) is 2.27. The normalized spacial score (nSPS) is 10.7. The highest BCUT2D eigenvalue weighted by Gasteiger charge is 2.15. The van der Waals surface area contributed by atoms with Crippen LogP contribution in [0.1, 0.15) is 26.3 Å². The fourth-order valence-electron chi connectivity index (χ4n) is 1.52. The zero-order chi connectivity index (χ0) is 14.3. The Balaban J connectivity index is 2.38. The monoisotopic (exact) mass is 263 g/mol. The number of hydrogen-bond acceptors (Lipinski definition) is 3. The highest BCUT2D eigenvalue weighted by atomic mass is 16.6. The van der Waals surface area contributed by atoms with E-state index in [0.717, 1.165) is 17.6 Å². The van der Waals surface area contributed by atoms with E-state index in [1.807, 2.05) is 45.0 Å². The van der Waals surface area contributed by atoms with Crippen LogP contribution in [0.4, 0.5) is 10.5 Å². The number of rotatable bonds is 5. The minimum Gasteiger partial charge on any atom is -0.444 e. The molecule has 0 aliphatic rings. The SMILES string of the molecule is CC(C)(C)OC(=O)NCCc1cccc(NC=N)c1. The van der Waals surface area contributed by atoms with E-state index in [1.54, 1.807) is 0 Å². The molecule has 0 fully saturated rings. The molecule has 104 valence electrons. The summed E-state index contributed by atoms with van der Waals surface area (Å²) in [4.78, 5) is 11.4. The molecule has 3 N–H and O–H groups in total. The lowest BCUT2D eigenvalue weighted by molar-refractivity contribution is 0.0528. The molecule has 0 heterocycles. The second kappa shape index (κ2) is 6.78. The summed E-state index contributed by atoms with van der Waals surface area (Å²) in [5, 5.41) is 12.5. The number of carbonyl (C=O) groups excluding carboxylic acids is 1. The van der Waals surface area contributed by atoms with Crippen molar-refractivity contribution in [1.29, 1.82) is 5.41 Å². The van der Waals surface area contributed by atoms with Gasteiger partial charge in [-0.25, -0.2) is 4.79 Å². The molecule has 1 aromatic carbocycles. The van der Waals surface area contributed by atoms with E-state index in [0.29, 0.717) is 13.0 Å². The van der Waals surface area contributed by atoms with E-state index in [-0.39, 0.29) is 0 Å².